The first-order valence-corrected chi connectivity index (χ1v) is 7.40. The number of aliphatic hydroxyl groups is 2. The summed E-state index contributed by atoms with van der Waals surface area (Å²) in [6, 6.07) is 9.65. The molecule has 0 saturated carbocycles. The summed E-state index contributed by atoms with van der Waals surface area (Å²) in [5, 5.41) is 19.0. The van der Waals surface area contributed by atoms with E-state index in [4.69, 9.17) is 5.11 Å². The van der Waals surface area contributed by atoms with Gasteiger partial charge in [0.25, 0.3) is 0 Å². The van der Waals surface area contributed by atoms with Crippen molar-refractivity contribution in [2.75, 3.05) is 12.4 Å². The van der Waals surface area contributed by atoms with E-state index in [0.717, 1.165) is 5.56 Å². The number of hydrogen-bond donors (Lipinski definition) is 2. The highest BCUT2D eigenvalue weighted by Gasteiger charge is 2.46. The van der Waals surface area contributed by atoms with E-state index in [9.17, 15) is 9.90 Å². The highest BCUT2D eigenvalue weighted by atomic mass is 32.2. The van der Waals surface area contributed by atoms with Crippen molar-refractivity contribution in [3.05, 3.63) is 35.9 Å². The molecule has 1 saturated heterocycles. The summed E-state index contributed by atoms with van der Waals surface area (Å²) in [5.74, 6) is 0.471. The molecule has 1 heterocycles. The lowest BCUT2D eigenvalue weighted by Crippen LogP contribution is -2.42. The minimum Gasteiger partial charge on any atom is -0.396 e. The molecule has 1 aromatic rings. The quantitative estimate of drug-likeness (QED) is 0.852. The van der Waals surface area contributed by atoms with Crippen LogP contribution in [0.5, 0.6) is 0 Å². The number of hydrogen-bond acceptors (Lipinski definition) is 4. The number of carbonyl (C=O) groups excluding carboxylic acids is 1. The molecule has 1 amide bonds. The number of carbonyl (C=O) groups is 1. The monoisotopic (exact) mass is 281 g/mol. The molecule has 0 bridgehead atoms. The van der Waals surface area contributed by atoms with E-state index in [2.05, 4.69) is 0 Å². The Bertz CT molecular complexity index is 436. The van der Waals surface area contributed by atoms with Crippen LogP contribution in [0.4, 0.5) is 0 Å². The normalized spacial score (nSPS) is 27.0. The van der Waals surface area contributed by atoms with Crippen LogP contribution in [0.1, 0.15) is 18.9 Å². The molecule has 5 heteroatoms. The molecule has 1 aliphatic rings. The number of rotatable bonds is 5. The molecule has 0 aromatic heterocycles. The molecule has 1 fully saturated rings. The van der Waals surface area contributed by atoms with E-state index >= 15 is 0 Å². The third-order valence-electron chi connectivity index (χ3n) is 3.29. The number of thioether (sulfide) groups is 1. The topological polar surface area (TPSA) is 60.8 Å². The first-order chi connectivity index (χ1) is 9.04. The Kier molecular flexibility index (Phi) is 4.50. The maximum Gasteiger partial charge on any atom is 0.238 e. The molecule has 1 unspecified atom stereocenters. The molecule has 1 aliphatic heterocycles. The van der Waals surface area contributed by atoms with Gasteiger partial charge in [-0.1, -0.05) is 30.3 Å². The zero-order chi connectivity index (χ0) is 13.9. The summed E-state index contributed by atoms with van der Waals surface area (Å²) in [4.78, 5) is 13.8. The Morgan fingerprint density at radius 2 is 2.11 bits per heavy atom. The fourth-order valence-electron chi connectivity index (χ4n) is 2.30. The maximum atomic E-state index is 12.3. The van der Waals surface area contributed by atoms with Gasteiger partial charge in [-0.3, -0.25) is 4.79 Å². The SMILES string of the molecule is CC1(O)C[C@H](SCCO)C(=O)N1Cc1ccccc1. The van der Waals surface area contributed by atoms with Crippen LogP contribution in [-0.4, -0.2) is 44.4 Å². The van der Waals surface area contributed by atoms with E-state index in [1.807, 2.05) is 30.3 Å². The Morgan fingerprint density at radius 1 is 1.42 bits per heavy atom. The average molecular weight is 281 g/mol. The standard InChI is InChI=1S/C14H19NO3S/c1-14(18)9-12(19-8-7-16)13(17)15(14)10-11-5-3-2-4-6-11/h2-6,12,16,18H,7-10H2,1H3/t12-,14?/m0/s1. The number of likely N-dealkylation sites (tertiary alicyclic amines) is 1. The second-order valence-corrected chi connectivity index (χ2v) is 6.22. The van der Waals surface area contributed by atoms with E-state index < -0.39 is 5.72 Å². The van der Waals surface area contributed by atoms with Crippen LogP contribution in [0.3, 0.4) is 0 Å². The second kappa shape index (κ2) is 5.94. The number of aliphatic hydroxyl groups excluding tert-OH is 1. The zero-order valence-corrected chi connectivity index (χ0v) is 11.8. The molecule has 2 N–H and O–H groups in total. The van der Waals surface area contributed by atoms with Crippen LogP contribution >= 0.6 is 11.8 Å². The molecule has 104 valence electrons. The molecular formula is C14H19NO3S. The van der Waals surface area contributed by atoms with Crippen LogP contribution in [0.15, 0.2) is 30.3 Å². The summed E-state index contributed by atoms with van der Waals surface area (Å²) in [5.41, 5.74) is -0.107. The molecule has 4 nitrogen and oxygen atoms in total. The van der Waals surface area contributed by atoms with E-state index in [1.165, 1.54) is 16.7 Å². The second-order valence-electron chi connectivity index (χ2n) is 4.91. The molecule has 0 radical (unpaired) electrons. The fraction of sp³-hybridized carbons (Fsp3) is 0.500. The van der Waals surface area contributed by atoms with E-state index in [0.29, 0.717) is 18.7 Å². The van der Waals surface area contributed by atoms with Crippen molar-refractivity contribution < 1.29 is 15.0 Å². The van der Waals surface area contributed by atoms with Crippen molar-refractivity contribution in [1.29, 1.82) is 0 Å². The third-order valence-corrected chi connectivity index (χ3v) is 4.48. The third kappa shape index (κ3) is 3.29. The lowest BCUT2D eigenvalue weighted by Gasteiger charge is -2.29. The molecule has 2 rings (SSSR count). The summed E-state index contributed by atoms with van der Waals surface area (Å²) < 4.78 is 0. The summed E-state index contributed by atoms with van der Waals surface area (Å²) in [7, 11) is 0. The zero-order valence-electron chi connectivity index (χ0n) is 11.0. The van der Waals surface area contributed by atoms with Crippen molar-refractivity contribution in [2.45, 2.75) is 30.9 Å². The van der Waals surface area contributed by atoms with Gasteiger partial charge in [0.2, 0.25) is 5.91 Å². The van der Waals surface area contributed by atoms with Crippen molar-refractivity contribution in [3.8, 4) is 0 Å². The molecular weight excluding hydrogens is 262 g/mol. The van der Waals surface area contributed by atoms with Gasteiger partial charge in [0, 0.05) is 18.7 Å². The Labute approximate surface area is 117 Å². The molecule has 1 aromatic carbocycles. The summed E-state index contributed by atoms with van der Waals surface area (Å²) >= 11 is 1.41. The van der Waals surface area contributed by atoms with Gasteiger partial charge in [0.05, 0.1) is 11.9 Å². The van der Waals surface area contributed by atoms with Crippen molar-refractivity contribution in [3.63, 3.8) is 0 Å². The molecule has 2 atom stereocenters. The van der Waals surface area contributed by atoms with Gasteiger partial charge in [-0.25, -0.2) is 0 Å². The van der Waals surface area contributed by atoms with E-state index in [1.54, 1.807) is 6.92 Å². The number of benzene rings is 1. The van der Waals surface area contributed by atoms with Crippen molar-refractivity contribution in [2.24, 2.45) is 0 Å². The number of nitrogens with zero attached hydrogens (tertiary/aromatic N) is 1. The first-order valence-electron chi connectivity index (χ1n) is 6.35. The van der Waals surface area contributed by atoms with Crippen LogP contribution < -0.4 is 0 Å². The van der Waals surface area contributed by atoms with Gasteiger partial charge in [0.1, 0.15) is 5.72 Å². The van der Waals surface area contributed by atoms with Gasteiger partial charge in [-0.2, -0.15) is 0 Å². The van der Waals surface area contributed by atoms with Crippen LogP contribution in [-0.2, 0) is 11.3 Å². The van der Waals surface area contributed by atoms with Gasteiger partial charge < -0.3 is 15.1 Å². The fourth-order valence-corrected chi connectivity index (χ4v) is 3.39. The van der Waals surface area contributed by atoms with Crippen molar-refractivity contribution in [1.82, 2.24) is 4.90 Å². The predicted octanol–water partition coefficient (Wildman–Crippen LogP) is 1.22. The lowest BCUT2D eigenvalue weighted by atomic mass is 10.1. The summed E-state index contributed by atoms with van der Waals surface area (Å²) in [6.07, 6.45) is 0.406. The number of amides is 1. The Morgan fingerprint density at radius 3 is 2.74 bits per heavy atom. The van der Waals surface area contributed by atoms with Gasteiger partial charge in [-0.15, -0.1) is 11.8 Å². The van der Waals surface area contributed by atoms with Gasteiger partial charge in [-0.05, 0) is 12.5 Å². The van der Waals surface area contributed by atoms with Crippen LogP contribution in [0.2, 0.25) is 0 Å². The first kappa shape index (κ1) is 14.4. The van der Waals surface area contributed by atoms with E-state index in [-0.39, 0.29) is 17.8 Å². The van der Waals surface area contributed by atoms with Crippen LogP contribution in [0.25, 0.3) is 0 Å². The van der Waals surface area contributed by atoms with Gasteiger partial charge >= 0.3 is 0 Å². The predicted molar refractivity (Wildman–Crippen MR) is 75.6 cm³/mol. The molecule has 19 heavy (non-hydrogen) atoms. The lowest BCUT2D eigenvalue weighted by molar-refractivity contribution is -0.143. The maximum absolute atomic E-state index is 12.3. The smallest absolute Gasteiger partial charge is 0.238 e. The largest absolute Gasteiger partial charge is 0.396 e. The Hall–Kier alpha value is -1.04. The molecule has 0 spiro atoms. The highest BCUT2D eigenvalue weighted by Crippen LogP contribution is 2.35. The minimum absolute atomic E-state index is 0.0488. The average Bonchev–Trinajstić information content (AvgIpc) is 2.61. The minimum atomic E-state index is -1.11. The Balaban J connectivity index is 2.08. The van der Waals surface area contributed by atoms with Crippen LogP contribution in [0, 0.1) is 0 Å². The van der Waals surface area contributed by atoms with Gasteiger partial charge in [0.15, 0.2) is 0 Å². The summed E-state index contributed by atoms with van der Waals surface area (Å²) in [6.45, 7) is 2.14. The van der Waals surface area contributed by atoms with Crippen molar-refractivity contribution >= 4 is 17.7 Å². The highest BCUT2D eigenvalue weighted by molar-refractivity contribution is 8.00. The molecule has 0 aliphatic carbocycles.